The zero-order chi connectivity index (χ0) is 12.4. The van der Waals surface area contributed by atoms with E-state index in [0.29, 0.717) is 0 Å². The van der Waals surface area contributed by atoms with Crippen molar-refractivity contribution < 1.29 is 0 Å². The van der Waals surface area contributed by atoms with Crippen LogP contribution in [0.1, 0.15) is 12.1 Å². The molecular formula is C15H19N3. The van der Waals surface area contributed by atoms with Crippen LogP contribution in [0.25, 0.3) is 11.1 Å². The summed E-state index contributed by atoms with van der Waals surface area (Å²) in [4.78, 5) is 0. The van der Waals surface area contributed by atoms with Gasteiger partial charge >= 0.3 is 0 Å². The smallest absolute Gasteiger partial charge is 0.0571 e. The van der Waals surface area contributed by atoms with Crippen LogP contribution in [-0.4, -0.2) is 22.9 Å². The van der Waals surface area contributed by atoms with Gasteiger partial charge in [-0.2, -0.15) is 5.10 Å². The number of hydrogen-bond acceptors (Lipinski definition) is 2. The standard InChI is InChI=1S/C15H19N3/c1-18-15(9-12-7-8-16-10-12)14(11-17-18)13-5-3-2-4-6-13/h2-6,11-12,16H,7-10H2,1H3. The fourth-order valence-corrected chi connectivity index (χ4v) is 2.73. The van der Waals surface area contributed by atoms with E-state index in [1.165, 1.54) is 23.2 Å². The third kappa shape index (κ3) is 2.18. The van der Waals surface area contributed by atoms with Crippen molar-refractivity contribution in [3.8, 4) is 11.1 Å². The number of aryl methyl sites for hydroxylation is 1. The van der Waals surface area contributed by atoms with E-state index in [2.05, 4.69) is 40.7 Å². The minimum atomic E-state index is 0.753. The van der Waals surface area contributed by atoms with Crippen molar-refractivity contribution in [2.75, 3.05) is 13.1 Å². The van der Waals surface area contributed by atoms with Crippen LogP contribution in [0.4, 0.5) is 0 Å². The largest absolute Gasteiger partial charge is 0.316 e. The minimum Gasteiger partial charge on any atom is -0.316 e. The molecule has 1 fully saturated rings. The molecule has 3 rings (SSSR count). The summed E-state index contributed by atoms with van der Waals surface area (Å²) >= 11 is 0. The SMILES string of the molecule is Cn1ncc(-c2ccccc2)c1CC1CCNC1. The number of benzene rings is 1. The fourth-order valence-electron chi connectivity index (χ4n) is 2.73. The Morgan fingerprint density at radius 2 is 2.17 bits per heavy atom. The second kappa shape index (κ2) is 4.94. The zero-order valence-electron chi connectivity index (χ0n) is 10.8. The molecule has 94 valence electrons. The summed E-state index contributed by atoms with van der Waals surface area (Å²) in [5, 5.41) is 7.87. The number of aromatic nitrogens is 2. The molecule has 0 radical (unpaired) electrons. The van der Waals surface area contributed by atoms with Gasteiger partial charge in [-0.1, -0.05) is 30.3 Å². The van der Waals surface area contributed by atoms with Crippen LogP contribution in [0.3, 0.4) is 0 Å². The third-order valence-corrected chi connectivity index (χ3v) is 3.79. The van der Waals surface area contributed by atoms with E-state index in [-0.39, 0.29) is 0 Å². The maximum absolute atomic E-state index is 4.43. The highest BCUT2D eigenvalue weighted by molar-refractivity contribution is 5.65. The van der Waals surface area contributed by atoms with E-state index < -0.39 is 0 Å². The van der Waals surface area contributed by atoms with E-state index in [4.69, 9.17) is 0 Å². The predicted molar refractivity (Wildman–Crippen MR) is 73.3 cm³/mol. The number of nitrogens with zero attached hydrogens (tertiary/aromatic N) is 2. The molecule has 1 N–H and O–H groups in total. The van der Waals surface area contributed by atoms with Gasteiger partial charge in [-0.15, -0.1) is 0 Å². The first-order chi connectivity index (χ1) is 8.84. The Morgan fingerprint density at radius 1 is 1.33 bits per heavy atom. The second-order valence-electron chi connectivity index (χ2n) is 5.06. The van der Waals surface area contributed by atoms with Gasteiger partial charge in [0, 0.05) is 18.3 Å². The molecule has 1 atom stereocenters. The van der Waals surface area contributed by atoms with Crippen molar-refractivity contribution in [1.29, 1.82) is 0 Å². The molecule has 0 bridgehead atoms. The molecule has 2 aromatic rings. The Kier molecular flexibility index (Phi) is 3.15. The number of nitrogens with one attached hydrogen (secondary N) is 1. The average Bonchev–Trinajstić information content (AvgIpc) is 3.03. The maximum atomic E-state index is 4.43. The lowest BCUT2D eigenvalue weighted by Gasteiger charge is -2.11. The Labute approximate surface area is 108 Å². The fraction of sp³-hybridized carbons (Fsp3) is 0.400. The van der Waals surface area contributed by atoms with Crippen molar-refractivity contribution >= 4 is 0 Å². The molecule has 3 nitrogen and oxygen atoms in total. The van der Waals surface area contributed by atoms with Crippen molar-refractivity contribution in [2.45, 2.75) is 12.8 Å². The van der Waals surface area contributed by atoms with E-state index >= 15 is 0 Å². The molecule has 0 amide bonds. The van der Waals surface area contributed by atoms with E-state index in [1.54, 1.807) is 0 Å². The molecule has 18 heavy (non-hydrogen) atoms. The highest BCUT2D eigenvalue weighted by Crippen LogP contribution is 2.26. The van der Waals surface area contributed by atoms with Gasteiger partial charge in [-0.05, 0) is 37.4 Å². The Balaban J connectivity index is 1.91. The van der Waals surface area contributed by atoms with Crippen LogP contribution in [0, 0.1) is 5.92 Å². The van der Waals surface area contributed by atoms with Gasteiger partial charge in [0.2, 0.25) is 0 Å². The molecular weight excluding hydrogens is 222 g/mol. The van der Waals surface area contributed by atoms with Gasteiger partial charge < -0.3 is 5.32 Å². The van der Waals surface area contributed by atoms with Crippen molar-refractivity contribution in [3.05, 3.63) is 42.2 Å². The molecule has 0 aliphatic carbocycles. The highest BCUT2D eigenvalue weighted by Gasteiger charge is 2.19. The maximum Gasteiger partial charge on any atom is 0.0571 e. The van der Waals surface area contributed by atoms with E-state index in [9.17, 15) is 0 Å². The summed E-state index contributed by atoms with van der Waals surface area (Å²) in [7, 11) is 2.05. The van der Waals surface area contributed by atoms with Crippen LogP contribution in [0.2, 0.25) is 0 Å². The van der Waals surface area contributed by atoms with Crippen molar-refractivity contribution in [2.24, 2.45) is 13.0 Å². The first kappa shape index (κ1) is 11.5. The summed E-state index contributed by atoms with van der Waals surface area (Å²) in [6.45, 7) is 2.29. The highest BCUT2D eigenvalue weighted by atomic mass is 15.3. The Morgan fingerprint density at radius 3 is 2.89 bits per heavy atom. The van der Waals surface area contributed by atoms with Gasteiger partial charge in [0.1, 0.15) is 0 Å². The van der Waals surface area contributed by atoms with E-state index in [1.807, 2.05) is 17.9 Å². The quantitative estimate of drug-likeness (QED) is 0.893. The Bertz CT molecular complexity index is 510. The van der Waals surface area contributed by atoms with Gasteiger partial charge in [0.25, 0.3) is 0 Å². The van der Waals surface area contributed by atoms with Crippen molar-refractivity contribution in [3.63, 3.8) is 0 Å². The summed E-state index contributed by atoms with van der Waals surface area (Å²) < 4.78 is 2.03. The lowest BCUT2D eigenvalue weighted by molar-refractivity contribution is 0.549. The van der Waals surface area contributed by atoms with Crippen LogP contribution >= 0.6 is 0 Å². The summed E-state index contributed by atoms with van der Waals surface area (Å²) in [5.74, 6) is 0.753. The van der Waals surface area contributed by atoms with Crippen LogP contribution in [0.5, 0.6) is 0 Å². The topological polar surface area (TPSA) is 29.9 Å². The summed E-state index contributed by atoms with van der Waals surface area (Å²) in [6, 6.07) is 10.5. The molecule has 1 aliphatic rings. The first-order valence-electron chi connectivity index (χ1n) is 6.61. The molecule has 1 unspecified atom stereocenters. The summed E-state index contributed by atoms with van der Waals surface area (Å²) in [5.41, 5.74) is 3.91. The first-order valence-corrected chi connectivity index (χ1v) is 6.61. The molecule has 1 aromatic carbocycles. The monoisotopic (exact) mass is 241 g/mol. The van der Waals surface area contributed by atoms with Gasteiger partial charge in [0.15, 0.2) is 0 Å². The van der Waals surface area contributed by atoms with Crippen molar-refractivity contribution in [1.82, 2.24) is 15.1 Å². The second-order valence-corrected chi connectivity index (χ2v) is 5.06. The Hall–Kier alpha value is -1.61. The lowest BCUT2D eigenvalue weighted by atomic mass is 9.97. The molecule has 0 saturated carbocycles. The summed E-state index contributed by atoms with van der Waals surface area (Å²) in [6.07, 6.45) is 4.39. The van der Waals surface area contributed by atoms with Crippen LogP contribution in [0.15, 0.2) is 36.5 Å². The zero-order valence-corrected chi connectivity index (χ0v) is 10.8. The van der Waals surface area contributed by atoms with E-state index in [0.717, 1.165) is 25.4 Å². The van der Waals surface area contributed by atoms with Gasteiger partial charge in [-0.25, -0.2) is 0 Å². The molecule has 1 saturated heterocycles. The number of hydrogen-bond donors (Lipinski definition) is 1. The molecule has 0 spiro atoms. The lowest BCUT2D eigenvalue weighted by Crippen LogP contribution is -2.13. The van der Waals surface area contributed by atoms with Gasteiger partial charge in [-0.3, -0.25) is 4.68 Å². The average molecular weight is 241 g/mol. The third-order valence-electron chi connectivity index (χ3n) is 3.79. The minimum absolute atomic E-state index is 0.753. The molecule has 3 heteroatoms. The molecule has 2 heterocycles. The predicted octanol–water partition coefficient (Wildman–Crippen LogP) is 2.24. The van der Waals surface area contributed by atoms with Gasteiger partial charge in [0.05, 0.1) is 6.20 Å². The molecule has 1 aromatic heterocycles. The molecule has 1 aliphatic heterocycles. The normalized spacial score (nSPS) is 19.3. The number of rotatable bonds is 3. The van der Waals surface area contributed by atoms with Crippen LogP contribution < -0.4 is 5.32 Å². The van der Waals surface area contributed by atoms with Crippen LogP contribution in [-0.2, 0) is 13.5 Å².